The molecule has 1 saturated carbocycles. The van der Waals surface area contributed by atoms with Gasteiger partial charge in [0, 0.05) is 11.0 Å². The van der Waals surface area contributed by atoms with Gasteiger partial charge in [-0.3, -0.25) is 0 Å². The van der Waals surface area contributed by atoms with Crippen LogP contribution in [0.1, 0.15) is 57.6 Å². The Hall–Kier alpha value is -0.820. The SMILES string of the molecule is CC(C)c1cccc(C2(C(C)(C)N)CC2)c1. The molecule has 0 saturated heterocycles. The lowest BCUT2D eigenvalue weighted by Crippen LogP contribution is -2.45. The number of rotatable bonds is 3. The molecule has 1 heteroatoms. The lowest BCUT2D eigenvalue weighted by Gasteiger charge is -2.31. The molecule has 1 aromatic rings. The van der Waals surface area contributed by atoms with Gasteiger partial charge in [-0.25, -0.2) is 0 Å². The highest BCUT2D eigenvalue weighted by molar-refractivity contribution is 5.39. The van der Waals surface area contributed by atoms with Gasteiger partial charge in [0.25, 0.3) is 0 Å². The van der Waals surface area contributed by atoms with Crippen molar-refractivity contribution in [3.8, 4) is 0 Å². The molecule has 1 aliphatic rings. The first-order valence-corrected chi connectivity index (χ1v) is 6.26. The van der Waals surface area contributed by atoms with E-state index in [1.54, 1.807) is 0 Å². The van der Waals surface area contributed by atoms with Gasteiger partial charge < -0.3 is 5.73 Å². The van der Waals surface area contributed by atoms with Crippen molar-refractivity contribution < 1.29 is 0 Å². The lowest BCUT2D eigenvalue weighted by molar-refractivity contribution is 0.391. The molecule has 0 atom stereocenters. The average molecular weight is 217 g/mol. The van der Waals surface area contributed by atoms with E-state index in [2.05, 4.69) is 52.0 Å². The zero-order valence-electron chi connectivity index (χ0n) is 10.9. The topological polar surface area (TPSA) is 26.0 Å². The molecule has 1 fully saturated rings. The van der Waals surface area contributed by atoms with E-state index in [1.807, 2.05) is 0 Å². The fraction of sp³-hybridized carbons (Fsp3) is 0.600. The van der Waals surface area contributed by atoms with Gasteiger partial charge in [-0.05, 0) is 43.7 Å². The molecule has 88 valence electrons. The van der Waals surface area contributed by atoms with Crippen LogP contribution < -0.4 is 5.73 Å². The van der Waals surface area contributed by atoms with Crippen LogP contribution in [0.25, 0.3) is 0 Å². The number of benzene rings is 1. The van der Waals surface area contributed by atoms with E-state index in [-0.39, 0.29) is 11.0 Å². The van der Waals surface area contributed by atoms with E-state index in [1.165, 1.54) is 24.0 Å². The van der Waals surface area contributed by atoms with E-state index >= 15 is 0 Å². The molecule has 0 radical (unpaired) electrons. The number of hydrogen-bond donors (Lipinski definition) is 1. The Labute approximate surface area is 99.0 Å². The lowest BCUT2D eigenvalue weighted by atomic mass is 9.78. The monoisotopic (exact) mass is 217 g/mol. The summed E-state index contributed by atoms with van der Waals surface area (Å²) in [7, 11) is 0. The van der Waals surface area contributed by atoms with Crippen LogP contribution >= 0.6 is 0 Å². The normalized spacial score (nSPS) is 18.9. The van der Waals surface area contributed by atoms with Crippen molar-refractivity contribution in [2.45, 2.75) is 57.4 Å². The van der Waals surface area contributed by atoms with Crippen molar-refractivity contribution in [3.05, 3.63) is 35.4 Å². The van der Waals surface area contributed by atoms with Crippen LogP contribution in [0.2, 0.25) is 0 Å². The van der Waals surface area contributed by atoms with Crippen LogP contribution in [-0.4, -0.2) is 5.54 Å². The maximum absolute atomic E-state index is 6.33. The van der Waals surface area contributed by atoms with Gasteiger partial charge in [0.15, 0.2) is 0 Å². The minimum Gasteiger partial charge on any atom is -0.325 e. The van der Waals surface area contributed by atoms with E-state index in [0.29, 0.717) is 5.92 Å². The third kappa shape index (κ3) is 1.78. The molecule has 16 heavy (non-hydrogen) atoms. The quantitative estimate of drug-likeness (QED) is 0.823. The van der Waals surface area contributed by atoms with Crippen molar-refractivity contribution in [3.63, 3.8) is 0 Å². The molecule has 0 amide bonds. The zero-order chi connectivity index (χ0) is 12.0. The third-order valence-electron chi connectivity index (χ3n) is 4.09. The Morgan fingerprint density at radius 2 is 1.88 bits per heavy atom. The molecule has 0 aliphatic heterocycles. The van der Waals surface area contributed by atoms with Crippen molar-refractivity contribution in [2.24, 2.45) is 5.73 Å². The van der Waals surface area contributed by atoms with E-state index < -0.39 is 0 Å². The molecule has 1 nitrogen and oxygen atoms in total. The van der Waals surface area contributed by atoms with E-state index in [0.717, 1.165) is 0 Å². The van der Waals surface area contributed by atoms with Crippen LogP contribution in [0, 0.1) is 0 Å². The van der Waals surface area contributed by atoms with Crippen LogP contribution in [0.4, 0.5) is 0 Å². The van der Waals surface area contributed by atoms with E-state index in [4.69, 9.17) is 5.73 Å². The highest BCUT2D eigenvalue weighted by Gasteiger charge is 2.53. The van der Waals surface area contributed by atoms with Crippen LogP contribution in [0.3, 0.4) is 0 Å². The highest BCUT2D eigenvalue weighted by atomic mass is 14.8. The molecule has 2 rings (SSSR count). The largest absolute Gasteiger partial charge is 0.325 e. The van der Waals surface area contributed by atoms with Crippen LogP contribution in [0.5, 0.6) is 0 Å². The maximum atomic E-state index is 6.33. The predicted octanol–water partition coefficient (Wildman–Crippen LogP) is 3.58. The first-order chi connectivity index (χ1) is 7.37. The maximum Gasteiger partial charge on any atom is 0.0195 e. The first-order valence-electron chi connectivity index (χ1n) is 6.26. The summed E-state index contributed by atoms with van der Waals surface area (Å²) in [6.07, 6.45) is 2.47. The fourth-order valence-corrected chi connectivity index (χ4v) is 2.63. The van der Waals surface area contributed by atoms with Gasteiger partial charge in [0.05, 0.1) is 0 Å². The highest BCUT2D eigenvalue weighted by Crippen LogP contribution is 2.54. The van der Waals surface area contributed by atoms with Gasteiger partial charge in [-0.2, -0.15) is 0 Å². The van der Waals surface area contributed by atoms with Crippen molar-refractivity contribution in [1.82, 2.24) is 0 Å². The second-order valence-corrected chi connectivity index (χ2v) is 6.08. The molecule has 0 aromatic heterocycles. The molecule has 0 spiro atoms. The van der Waals surface area contributed by atoms with Gasteiger partial charge in [0.1, 0.15) is 0 Å². The second kappa shape index (κ2) is 3.59. The second-order valence-electron chi connectivity index (χ2n) is 6.08. The van der Waals surface area contributed by atoms with Crippen molar-refractivity contribution in [1.29, 1.82) is 0 Å². The summed E-state index contributed by atoms with van der Waals surface area (Å²) in [6.45, 7) is 8.79. The summed E-state index contributed by atoms with van der Waals surface area (Å²) < 4.78 is 0. The minimum absolute atomic E-state index is 0.109. The smallest absolute Gasteiger partial charge is 0.0195 e. The third-order valence-corrected chi connectivity index (χ3v) is 4.09. The molecular weight excluding hydrogens is 194 g/mol. The molecular formula is C15H23N. The van der Waals surface area contributed by atoms with Gasteiger partial charge >= 0.3 is 0 Å². The van der Waals surface area contributed by atoms with Crippen molar-refractivity contribution >= 4 is 0 Å². The Morgan fingerprint density at radius 1 is 1.25 bits per heavy atom. The van der Waals surface area contributed by atoms with E-state index in [9.17, 15) is 0 Å². The summed E-state index contributed by atoms with van der Waals surface area (Å²) in [5.74, 6) is 0.594. The standard InChI is InChI=1S/C15H23N/c1-11(2)12-6-5-7-13(10-12)15(8-9-15)14(3,4)16/h5-7,10-11H,8-9,16H2,1-4H3. The molecule has 0 unspecified atom stereocenters. The summed E-state index contributed by atoms with van der Waals surface area (Å²) in [6, 6.07) is 8.99. The summed E-state index contributed by atoms with van der Waals surface area (Å²) in [5.41, 5.74) is 9.32. The predicted molar refractivity (Wildman–Crippen MR) is 69.7 cm³/mol. The average Bonchev–Trinajstić information content (AvgIpc) is 2.97. The van der Waals surface area contributed by atoms with Crippen LogP contribution in [-0.2, 0) is 5.41 Å². The van der Waals surface area contributed by atoms with Crippen LogP contribution in [0.15, 0.2) is 24.3 Å². The van der Waals surface area contributed by atoms with Crippen molar-refractivity contribution in [2.75, 3.05) is 0 Å². The Bertz CT molecular complexity index is 381. The van der Waals surface area contributed by atoms with Gasteiger partial charge in [0.2, 0.25) is 0 Å². The summed E-state index contributed by atoms with van der Waals surface area (Å²) >= 11 is 0. The Kier molecular flexibility index (Phi) is 2.62. The van der Waals surface area contributed by atoms with Gasteiger partial charge in [-0.15, -0.1) is 0 Å². The molecule has 2 N–H and O–H groups in total. The first kappa shape index (κ1) is 11.7. The minimum atomic E-state index is -0.109. The number of nitrogens with two attached hydrogens (primary N) is 1. The fourth-order valence-electron chi connectivity index (χ4n) is 2.63. The molecule has 1 aliphatic carbocycles. The zero-order valence-corrected chi connectivity index (χ0v) is 10.9. The molecule has 1 aromatic carbocycles. The Balaban J connectivity index is 2.38. The van der Waals surface area contributed by atoms with Gasteiger partial charge in [-0.1, -0.05) is 38.1 Å². The Morgan fingerprint density at radius 3 is 2.31 bits per heavy atom. The summed E-state index contributed by atoms with van der Waals surface area (Å²) in [4.78, 5) is 0. The summed E-state index contributed by atoms with van der Waals surface area (Å²) in [5, 5.41) is 0. The number of hydrogen-bond acceptors (Lipinski definition) is 1. The molecule has 0 bridgehead atoms. The molecule has 0 heterocycles.